The first kappa shape index (κ1) is 13.8. The molecule has 2 aromatic rings. The van der Waals surface area contributed by atoms with Gasteiger partial charge in [-0.1, -0.05) is 11.6 Å². The number of anilines is 1. The molecular weight excluding hydrogens is 291 g/mol. The van der Waals surface area contributed by atoms with Crippen LogP contribution in [0.25, 0.3) is 0 Å². The molecule has 20 heavy (non-hydrogen) atoms. The van der Waals surface area contributed by atoms with Crippen molar-refractivity contribution in [3.8, 4) is 0 Å². The molecule has 0 aliphatic carbocycles. The molecule has 0 saturated carbocycles. The molecule has 1 aromatic carbocycles. The highest BCUT2D eigenvalue weighted by molar-refractivity contribution is 6.32. The van der Waals surface area contributed by atoms with E-state index in [2.05, 4.69) is 15.3 Å². The van der Waals surface area contributed by atoms with Gasteiger partial charge in [0.25, 0.3) is 11.6 Å². The van der Waals surface area contributed by atoms with E-state index in [-0.39, 0.29) is 16.5 Å². The Kier molecular flexibility index (Phi) is 3.85. The molecule has 2 rings (SSSR count). The minimum absolute atomic E-state index is 0.0221. The Hall–Kier alpha value is -2.61. The summed E-state index contributed by atoms with van der Waals surface area (Å²) in [7, 11) is 0. The summed E-state index contributed by atoms with van der Waals surface area (Å²) in [5.74, 6) is -1.70. The van der Waals surface area contributed by atoms with Gasteiger partial charge in [0.2, 0.25) is 0 Å². The van der Waals surface area contributed by atoms with Crippen molar-refractivity contribution in [3.05, 3.63) is 57.2 Å². The first-order valence-corrected chi connectivity index (χ1v) is 5.58. The highest BCUT2D eigenvalue weighted by Gasteiger charge is 2.16. The number of hydrogen-bond acceptors (Lipinski definition) is 5. The number of benzene rings is 1. The zero-order valence-corrected chi connectivity index (χ0v) is 10.5. The second-order valence-electron chi connectivity index (χ2n) is 3.61. The fourth-order valence-corrected chi connectivity index (χ4v) is 1.55. The maximum absolute atomic E-state index is 13.2. The van der Waals surface area contributed by atoms with Crippen molar-refractivity contribution in [1.82, 2.24) is 9.97 Å². The lowest BCUT2D eigenvalue weighted by Gasteiger charge is -2.05. The molecule has 1 N–H and O–H groups in total. The first-order valence-electron chi connectivity index (χ1n) is 5.20. The molecule has 0 fully saturated rings. The van der Waals surface area contributed by atoms with Crippen molar-refractivity contribution in [3.63, 3.8) is 0 Å². The van der Waals surface area contributed by atoms with Gasteiger partial charge in [0.15, 0.2) is 11.0 Å². The Balaban J connectivity index is 2.30. The van der Waals surface area contributed by atoms with E-state index in [1.807, 2.05) is 0 Å². The number of hydrogen-bond donors (Lipinski definition) is 1. The molecule has 9 heteroatoms. The third-order valence-corrected chi connectivity index (χ3v) is 2.52. The second-order valence-corrected chi connectivity index (χ2v) is 3.96. The average Bonchev–Trinajstić information content (AvgIpc) is 2.40. The number of nitrogens with zero attached hydrogens (tertiary/aromatic N) is 3. The van der Waals surface area contributed by atoms with E-state index >= 15 is 0 Å². The lowest BCUT2D eigenvalue weighted by Crippen LogP contribution is -2.14. The molecule has 7 nitrogen and oxygen atoms in total. The second kappa shape index (κ2) is 5.57. The molecule has 1 aromatic heterocycles. The number of nitro groups is 1. The van der Waals surface area contributed by atoms with Crippen LogP contribution in [0.15, 0.2) is 30.6 Å². The van der Waals surface area contributed by atoms with E-state index < -0.39 is 22.3 Å². The van der Waals surface area contributed by atoms with Crippen LogP contribution in [0.1, 0.15) is 10.4 Å². The van der Waals surface area contributed by atoms with Gasteiger partial charge in [0.05, 0.1) is 11.0 Å². The van der Waals surface area contributed by atoms with E-state index in [9.17, 15) is 19.3 Å². The van der Waals surface area contributed by atoms with Crippen molar-refractivity contribution in [1.29, 1.82) is 0 Å². The molecule has 0 radical (unpaired) electrons. The highest BCUT2D eigenvalue weighted by atomic mass is 35.5. The Morgan fingerprint density at radius 3 is 2.65 bits per heavy atom. The van der Waals surface area contributed by atoms with Crippen LogP contribution in [-0.4, -0.2) is 20.8 Å². The highest BCUT2D eigenvalue weighted by Crippen LogP contribution is 2.19. The predicted molar refractivity (Wildman–Crippen MR) is 68.0 cm³/mol. The van der Waals surface area contributed by atoms with Gasteiger partial charge in [-0.15, -0.1) is 0 Å². The van der Waals surface area contributed by atoms with Crippen molar-refractivity contribution in [2.75, 3.05) is 5.32 Å². The molecule has 0 unspecified atom stereocenters. The third kappa shape index (κ3) is 3.04. The van der Waals surface area contributed by atoms with Crippen LogP contribution >= 0.6 is 11.6 Å². The number of nitrogens with one attached hydrogen (secondary N) is 1. The lowest BCUT2D eigenvalue weighted by atomic mass is 10.2. The van der Waals surface area contributed by atoms with Gasteiger partial charge >= 0.3 is 0 Å². The number of halogens is 2. The number of carbonyl (C=O) groups is 1. The van der Waals surface area contributed by atoms with Crippen molar-refractivity contribution in [2.45, 2.75) is 0 Å². The lowest BCUT2D eigenvalue weighted by molar-refractivity contribution is -0.385. The van der Waals surface area contributed by atoms with Crippen LogP contribution in [0, 0.1) is 15.9 Å². The number of rotatable bonds is 3. The predicted octanol–water partition coefficient (Wildman–Crippen LogP) is 2.43. The Morgan fingerprint density at radius 2 is 2.00 bits per heavy atom. The summed E-state index contributed by atoms with van der Waals surface area (Å²) in [6, 6.07) is 2.53. The normalized spacial score (nSPS) is 10.1. The SMILES string of the molecule is O=C(Nc1nccnc1Cl)c1cc(F)cc([N+](=O)[O-])c1. The zero-order chi connectivity index (χ0) is 14.7. The van der Waals surface area contributed by atoms with Crippen LogP contribution < -0.4 is 5.32 Å². The van der Waals surface area contributed by atoms with Crippen molar-refractivity contribution in [2.24, 2.45) is 0 Å². The molecular formula is C11H6ClFN4O3. The maximum atomic E-state index is 13.2. The molecule has 0 atom stereocenters. The smallest absolute Gasteiger partial charge is 0.273 e. The van der Waals surface area contributed by atoms with Gasteiger partial charge in [-0.05, 0) is 6.07 Å². The van der Waals surface area contributed by atoms with Crippen LogP contribution in [0.4, 0.5) is 15.9 Å². The Bertz CT molecular complexity index is 695. The van der Waals surface area contributed by atoms with Crippen molar-refractivity contribution < 1.29 is 14.1 Å². The van der Waals surface area contributed by atoms with Gasteiger partial charge in [-0.3, -0.25) is 14.9 Å². The minimum atomic E-state index is -0.894. The van der Waals surface area contributed by atoms with E-state index in [0.717, 1.165) is 12.1 Å². The third-order valence-electron chi connectivity index (χ3n) is 2.24. The molecule has 0 spiro atoms. The summed E-state index contributed by atoms with van der Waals surface area (Å²) in [5.41, 5.74) is -0.751. The zero-order valence-electron chi connectivity index (χ0n) is 9.71. The topological polar surface area (TPSA) is 98.0 Å². The summed E-state index contributed by atoms with van der Waals surface area (Å²) >= 11 is 5.70. The van der Waals surface area contributed by atoms with Gasteiger partial charge in [0, 0.05) is 24.0 Å². The van der Waals surface area contributed by atoms with E-state index in [0.29, 0.717) is 6.07 Å². The Morgan fingerprint density at radius 1 is 1.30 bits per heavy atom. The van der Waals surface area contributed by atoms with E-state index in [1.165, 1.54) is 12.4 Å². The fourth-order valence-electron chi connectivity index (χ4n) is 1.40. The van der Waals surface area contributed by atoms with Crippen LogP contribution in [-0.2, 0) is 0 Å². The number of non-ortho nitro benzene ring substituents is 1. The average molecular weight is 297 g/mol. The van der Waals surface area contributed by atoms with Gasteiger partial charge in [-0.25, -0.2) is 14.4 Å². The molecule has 0 aliphatic rings. The van der Waals surface area contributed by atoms with Crippen LogP contribution in [0.2, 0.25) is 5.15 Å². The summed E-state index contributed by atoms with van der Waals surface area (Å²) < 4.78 is 13.2. The largest absolute Gasteiger partial charge is 0.304 e. The van der Waals surface area contributed by atoms with Gasteiger partial charge in [-0.2, -0.15) is 0 Å². The molecule has 0 aliphatic heterocycles. The van der Waals surface area contributed by atoms with Crippen LogP contribution in [0.3, 0.4) is 0 Å². The number of carbonyl (C=O) groups excluding carboxylic acids is 1. The number of nitro benzene ring substituents is 1. The van der Waals surface area contributed by atoms with Crippen molar-refractivity contribution >= 4 is 29.0 Å². The molecule has 102 valence electrons. The molecule has 1 amide bonds. The Labute approximate surface area is 116 Å². The quantitative estimate of drug-likeness (QED) is 0.693. The fraction of sp³-hybridized carbons (Fsp3) is 0. The standard InChI is InChI=1S/C11H6ClFN4O3/c12-9-10(15-2-1-14-9)16-11(18)6-3-7(13)5-8(4-6)17(19)20/h1-5H,(H,15,16,18). The van der Waals surface area contributed by atoms with Gasteiger partial charge in [0.1, 0.15) is 5.82 Å². The van der Waals surface area contributed by atoms with Gasteiger partial charge < -0.3 is 5.32 Å². The summed E-state index contributed by atoms with van der Waals surface area (Å²) in [6.07, 6.45) is 2.63. The number of aromatic nitrogens is 2. The van der Waals surface area contributed by atoms with Crippen LogP contribution in [0.5, 0.6) is 0 Å². The molecule has 0 saturated heterocycles. The number of amides is 1. The first-order chi connectivity index (χ1) is 9.47. The summed E-state index contributed by atoms with van der Waals surface area (Å²) in [5, 5.41) is 12.8. The maximum Gasteiger partial charge on any atom is 0.273 e. The molecule has 1 heterocycles. The monoisotopic (exact) mass is 296 g/mol. The minimum Gasteiger partial charge on any atom is -0.304 e. The summed E-state index contributed by atoms with van der Waals surface area (Å²) in [6.45, 7) is 0. The summed E-state index contributed by atoms with van der Waals surface area (Å²) in [4.78, 5) is 29.1. The van der Waals surface area contributed by atoms with E-state index in [4.69, 9.17) is 11.6 Å². The van der Waals surface area contributed by atoms with E-state index in [1.54, 1.807) is 0 Å². The molecule has 0 bridgehead atoms.